The van der Waals surface area contributed by atoms with Crippen LogP contribution in [0.3, 0.4) is 0 Å². The number of allylic oxidation sites excluding steroid dienone is 1. The molecule has 0 bridgehead atoms. The largest absolute Gasteiger partial charge is 0.385 e. The Balaban J connectivity index is 0.855. The summed E-state index contributed by atoms with van der Waals surface area (Å²) in [5.74, 6) is 0.197. The highest BCUT2D eigenvalue weighted by atomic mass is 16.3. The Labute approximate surface area is 325 Å². The van der Waals surface area contributed by atoms with Crippen LogP contribution in [0.15, 0.2) is 84.3 Å². The number of aliphatic hydroxyl groups is 1. The standard InChI is InChI=1S/C42H48N10O4/c1-3-21-51-40(55)34-27-44-41(48-38(34)52(51)35-16-8-29-18-19-42(56,4-2)37(29)46-35)45-31-11-13-32(14-12-31)50-25-23-49(24-26-50)22-5-20-43-30-9-6-28(7-10-30)33-15-17-36(53)47-39(33)54/h3,6-14,16,27,33,43,56H,1,4-5,15,17-26H2,2H3,(H,44,45,48)(H,47,53,54)/t33?,42-/m1/s1. The van der Waals surface area contributed by atoms with Gasteiger partial charge in [-0.05, 0) is 92.2 Å². The number of rotatable bonds is 13. The molecule has 1 aliphatic carbocycles. The number of piperidine rings is 1. The van der Waals surface area contributed by atoms with Gasteiger partial charge in [-0.3, -0.25) is 24.6 Å². The topological polar surface area (TPSA) is 163 Å². The highest BCUT2D eigenvalue weighted by molar-refractivity contribution is 6.01. The first-order chi connectivity index (χ1) is 27.2. The third-order valence-corrected chi connectivity index (χ3v) is 11.4. The third kappa shape index (κ3) is 7.41. The second-order valence-electron chi connectivity index (χ2n) is 14.9. The van der Waals surface area contributed by atoms with Gasteiger partial charge in [-0.25, -0.2) is 19.3 Å². The lowest BCUT2D eigenvalue weighted by Crippen LogP contribution is -2.46. The Bertz CT molecular complexity index is 2310. The van der Waals surface area contributed by atoms with Crippen LogP contribution in [0.4, 0.5) is 23.0 Å². The molecule has 3 aromatic heterocycles. The molecule has 56 heavy (non-hydrogen) atoms. The van der Waals surface area contributed by atoms with Crippen LogP contribution >= 0.6 is 0 Å². The van der Waals surface area contributed by atoms with Gasteiger partial charge in [0.05, 0.1) is 18.2 Å². The zero-order valence-corrected chi connectivity index (χ0v) is 31.7. The number of hydrogen-bond donors (Lipinski definition) is 4. The number of nitrogens with one attached hydrogen (secondary N) is 3. The number of amides is 2. The molecule has 2 atom stereocenters. The van der Waals surface area contributed by atoms with E-state index in [9.17, 15) is 19.5 Å². The number of piperazine rings is 1. The van der Waals surface area contributed by atoms with Crippen LogP contribution in [0.25, 0.3) is 16.9 Å². The predicted molar refractivity (Wildman–Crippen MR) is 217 cm³/mol. The number of carbonyl (C=O) groups excluding carboxylic acids is 2. The van der Waals surface area contributed by atoms with E-state index in [1.165, 1.54) is 0 Å². The van der Waals surface area contributed by atoms with Crippen molar-refractivity contribution in [2.45, 2.75) is 63.5 Å². The van der Waals surface area contributed by atoms with Crippen molar-refractivity contribution in [2.75, 3.05) is 54.8 Å². The molecule has 0 saturated carbocycles. The van der Waals surface area contributed by atoms with Crippen molar-refractivity contribution in [2.24, 2.45) is 0 Å². The molecule has 2 aliphatic heterocycles. The molecule has 2 amide bonds. The predicted octanol–water partition coefficient (Wildman–Crippen LogP) is 4.60. The minimum Gasteiger partial charge on any atom is -0.385 e. The molecule has 5 aromatic rings. The molecule has 0 radical (unpaired) electrons. The normalized spacial score (nSPS) is 19.9. The second-order valence-corrected chi connectivity index (χ2v) is 14.9. The Morgan fingerprint density at radius 3 is 2.46 bits per heavy atom. The van der Waals surface area contributed by atoms with Crippen LogP contribution in [0.5, 0.6) is 0 Å². The van der Waals surface area contributed by atoms with Crippen LogP contribution < -0.4 is 26.4 Å². The maximum atomic E-state index is 13.5. The summed E-state index contributed by atoms with van der Waals surface area (Å²) in [6, 6.07) is 20.1. The molecular weight excluding hydrogens is 709 g/mol. The number of pyridine rings is 1. The van der Waals surface area contributed by atoms with Gasteiger partial charge in [0.2, 0.25) is 17.8 Å². The van der Waals surface area contributed by atoms with E-state index in [0.717, 1.165) is 80.3 Å². The van der Waals surface area contributed by atoms with E-state index in [2.05, 4.69) is 49.4 Å². The highest BCUT2D eigenvalue weighted by Gasteiger charge is 2.37. The monoisotopic (exact) mass is 756 g/mol. The summed E-state index contributed by atoms with van der Waals surface area (Å²) in [5, 5.41) is 20.8. The first-order valence-corrected chi connectivity index (χ1v) is 19.6. The Morgan fingerprint density at radius 2 is 1.73 bits per heavy atom. The van der Waals surface area contributed by atoms with Gasteiger partial charge >= 0.3 is 0 Å². The molecule has 8 rings (SSSR count). The number of aryl methyl sites for hydroxylation is 1. The van der Waals surface area contributed by atoms with Crippen LogP contribution in [0.1, 0.15) is 61.8 Å². The number of fused-ring (bicyclic) bond motifs is 2. The van der Waals surface area contributed by atoms with Crippen molar-refractivity contribution in [1.82, 2.24) is 34.5 Å². The molecule has 1 unspecified atom stereocenters. The summed E-state index contributed by atoms with van der Waals surface area (Å²) in [4.78, 5) is 56.2. The van der Waals surface area contributed by atoms with E-state index in [0.29, 0.717) is 54.2 Å². The van der Waals surface area contributed by atoms with Crippen molar-refractivity contribution >= 4 is 45.9 Å². The molecule has 14 nitrogen and oxygen atoms in total. The van der Waals surface area contributed by atoms with Gasteiger partial charge in [0.25, 0.3) is 5.56 Å². The minimum atomic E-state index is -0.989. The zero-order valence-electron chi connectivity index (χ0n) is 31.7. The lowest BCUT2D eigenvalue weighted by atomic mass is 9.90. The van der Waals surface area contributed by atoms with Crippen LogP contribution in [-0.4, -0.2) is 85.4 Å². The van der Waals surface area contributed by atoms with Crippen molar-refractivity contribution in [1.29, 1.82) is 0 Å². The number of hydrogen-bond acceptors (Lipinski definition) is 11. The molecule has 290 valence electrons. The van der Waals surface area contributed by atoms with E-state index >= 15 is 0 Å². The number of carbonyl (C=O) groups is 2. The van der Waals surface area contributed by atoms with Gasteiger partial charge in [0.15, 0.2) is 11.5 Å². The van der Waals surface area contributed by atoms with Gasteiger partial charge in [0.1, 0.15) is 11.0 Å². The van der Waals surface area contributed by atoms with Crippen molar-refractivity contribution in [3.63, 3.8) is 0 Å². The maximum absolute atomic E-state index is 13.5. The first-order valence-electron chi connectivity index (χ1n) is 19.6. The first kappa shape index (κ1) is 37.1. The average Bonchev–Trinajstić information content (AvgIpc) is 3.69. The number of aromatic nitrogens is 5. The van der Waals surface area contributed by atoms with Gasteiger partial charge in [-0.1, -0.05) is 31.2 Å². The van der Waals surface area contributed by atoms with Crippen LogP contribution in [0, 0.1) is 0 Å². The Hall–Kier alpha value is -5.86. The Morgan fingerprint density at radius 1 is 0.964 bits per heavy atom. The molecule has 0 spiro atoms. The van der Waals surface area contributed by atoms with E-state index < -0.39 is 5.60 Å². The molecule has 2 saturated heterocycles. The van der Waals surface area contributed by atoms with Crippen molar-refractivity contribution in [3.05, 3.63) is 107 Å². The van der Waals surface area contributed by atoms with Gasteiger partial charge in [-0.15, -0.1) is 6.58 Å². The highest BCUT2D eigenvalue weighted by Crippen LogP contribution is 2.38. The third-order valence-electron chi connectivity index (χ3n) is 11.4. The summed E-state index contributed by atoms with van der Waals surface area (Å²) in [6.07, 6.45) is 7.11. The number of anilines is 4. The molecule has 3 aliphatic rings. The van der Waals surface area contributed by atoms with Crippen LogP contribution in [0.2, 0.25) is 0 Å². The molecular formula is C42H48N10O4. The number of imide groups is 1. The lowest BCUT2D eigenvalue weighted by molar-refractivity contribution is -0.134. The fourth-order valence-electron chi connectivity index (χ4n) is 8.11. The lowest BCUT2D eigenvalue weighted by Gasteiger charge is -2.36. The van der Waals surface area contributed by atoms with E-state index in [1.807, 2.05) is 55.5 Å². The fourth-order valence-corrected chi connectivity index (χ4v) is 8.11. The van der Waals surface area contributed by atoms with E-state index in [4.69, 9.17) is 9.97 Å². The van der Waals surface area contributed by atoms with E-state index in [-0.39, 0.29) is 29.8 Å². The van der Waals surface area contributed by atoms with Crippen molar-refractivity contribution < 1.29 is 14.7 Å². The summed E-state index contributed by atoms with van der Waals surface area (Å²) in [5.41, 5.74) is 4.82. The second kappa shape index (κ2) is 15.7. The molecule has 5 heterocycles. The summed E-state index contributed by atoms with van der Waals surface area (Å²) < 4.78 is 3.25. The quantitative estimate of drug-likeness (QED) is 0.0755. The average molecular weight is 757 g/mol. The maximum Gasteiger partial charge on any atom is 0.278 e. The Kier molecular flexibility index (Phi) is 10.4. The SMILES string of the molecule is C=CCn1c(=O)c2cnc(Nc3ccc(N4CCN(CCCNc5ccc(C6CCC(=O)NC6=O)cc5)CC4)cc3)nc2n1-c1ccc2c(n1)[C@@](O)(CC)CC2. The molecule has 4 N–H and O–H groups in total. The summed E-state index contributed by atoms with van der Waals surface area (Å²) >= 11 is 0. The molecule has 2 fully saturated rings. The minimum absolute atomic E-state index is 0.194. The zero-order chi connectivity index (χ0) is 38.8. The number of benzene rings is 2. The van der Waals surface area contributed by atoms with Gasteiger partial charge in [0, 0.05) is 62.4 Å². The molecule has 2 aromatic carbocycles. The van der Waals surface area contributed by atoms with E-state index in [1.54, 1.807) is 21.6 Å². The fraction of sp³-hybridized carbons (Fsp3) is 0.381. The number of nitrogens with zero attached hydrogens (tertiary/aromatic N) is 7. The van der Waals surface area contributed by atoms with Gasteiger partial charge in [-0.2, -0.15) is 4.98 Å². The molecule has 14 heteroatoms. The van der Waals surface area contributed by atoms with Gasteiger partial charge < -0.3 is 20.6 Å². The summed E-state index contributed by atoms with van der Waals surface area (Å²) in [7, 11) is 0. The summed E-state index contributed by atoms with van der Waals surface area (Å²) in [6.45, 7) is 11.8. The van der Waals surface area contributed by atoms with Crippen LogP contribution in [-0.2, 0) is 28.2 Å². The van der Waals surface area contributed by atoms with Crippen molar-refractivity contribution in [3.8, 4) is 5.82 Å². The smallest absolute Gasteiger partial charge is 0.278 e.